The van der Waals surface area contributed by atoms with E-state index in [4.69, 9.17) is 0 Å². The number of likely N-dealkylation sites (tertiary alicyclic amines) is 1. The fraction of sp³-hybridized carbons (Fsp3) is 0.526. The summed E-state index contributed by atoms with van der Waals surface area (Å²) in [6.07, 6.45) is 7.67. The smallest absolute Gasteiger partial charge is 0.259 e. The Labute approximate surface area is 143 Å². The number of rotatable bonds is 3. The third-order valence-corrected chi connectivity index (χ3v) is 4.76. The summed E-state index contributed by atoms with van der Waals surface area (Å²) in [5.74, 6) is -0.130. The third-order valence-electron chi connectivity index (χ3n) is 4.76. The van der Waals surface area contributed by atoms with Crippen molar-refractivity contribution in [3.8, 4) is 0 Å². The number of amides is 2. The average molecular weight is 327 g/mol. The van der Waals surface area contributed by atoms with Gasteiger partial charge in [-0.3, -0.25) is 9.59 Å². The second-order valence-electron chi connectivity index (χ2n) is 6.58. The van der Waals surface area contributed by atoms with Crippen LogP contribution in [0.15, 0.2) is 29.4 Å². The molecule has 1 heterocycles. The van der Waals surface area contributed by atoms with Crippen molar-refractivity contribution in [2.45, 2.75) is 51.4 Å². The molecule has 0 spiro atoms. The van der Waals surface area contributed by atoms with Gasteiger partial charge >= 0.3 is 0 Å². The van der Waals surface area contributed by atoms with Gasteiger partial charge in [-0.05, 0) is 44.1 Å². The van der Waals surface area contributed by atoms with Crippen LogP contribution in [0.3, 0.4) is 0 Å². The monoisotopic (exact) mass is 327 g/mol. The van der Waals surface area contributed by atoms with E-state index in [1.54, 1.807) is 4.90 Å². The van der Waals surface area contributed by atoms with Crippen molar-refractivity contribution in [3.63, 3.8) is 0 Å². The maximum atomic E-state index is 12.2. The number of nitrogens with zero attached hydrogens (tertiary/aromatic N) is 2. The standard InChI is InChI=1S/C19H25N3O2/c23-18(14-22-13-7-1-2-12-19(22)24)21-20-17-11-6-4-9-15-8-3-5-10-16(15)17/h3,5,8,10H,1-2,4,6-7,9,11-14H2,(H,21,23)/b20-17-. The molecule has 0 saturated carbocycles. The minimum Gasteiger partial charge on any atom is -0.333 e. The highest BCUT2D eigenvalue weighted by Gasteiger charge is 2.19. The summed E-state index contributed by atoms with van der Waals surface area (Å²) in [5.41, 5.74) is 6.04. The van der Waals surface area contributed by atoms with Crippen LogP contribution < -0.4 is 5.43 Å². The minimum absolute atomic E-state index is 0.0788. The zero-order valence-corrected chi connectivity index (χ0v) is 14.1. The largest absolute Gasteiger partial charge is 0.333 e. The van der Waals surface area contributed by atoms with Crippen LogP contribution in [-0.2, 0) is 16.0 Å². The first-order chi connectivity index (χ1) is 11.7. The fourth-order valence-electron chi connectivity index (χ4n) is 3.42. The zero-order chi connectivity index (χ0) is 16.8. The van der Waals surface area contributed by atoms with Crippen LogP contribution in [0, 0.1) is 0 Å². The number of fused-ring (bicyclic) bond motifs is 1. The van der Waals surface area contributed by atoms with Crippen LogP contribution in [0.5, 0.6) is 0 Å². The van der Waals surface area contributed by atoms with E-state index in [1.807, 2.05) is 12.1 Å². The fourth-order valence-corrected chi connectivity index (χ4v) is 3.42. The molecule has 0 radical (unpaired) electrons. The molecule has 0 unspecified atom stereocenters. The first kappa shape index (κ1) is 16.7. The van der Waals surface area contributed by atoms with Crippen molar-refractivity contribution in [1.29, 1.82) is 0 Å². The Morgan fingerprint density at radius 1 is 1.04 bits per heavy atom. The van der Waals surface area contributed by atoms with E-state index in [1.165, 1.54) is 5.56 Å². The van der Waals surface area contributed by atoms with Crippen LogP contribution in [0.25, 0.3) is 0 Å². The van der Waals surface area contributed by atoms with Gasteiger partial charge in [0.1, 0.15) is 6.54 Å². The highest BCUT2D eigenvalue weighted by atomic mass is 16.2. The lowest BCUT2D eigenvalue weighted by molar-refractivity contribution is -0.135. The van der Waals surface area contributed by atoms with Crippen molar-refractivity contribution in [3.05, 3.63) is 35.4 Å². The molecule has 1 aliphatic carbocycles. The topological polar surface area (TPSA) is 61.8 Å². The van der Waals surface area contributed by atoms with Crippen molar-refractivity contribution in [2.75, 3.05) is 13.1 Å². The van der Waals surface area contributed by atoms with Crippen molar-refractivity contribution >= 4 is 17.5 Å². The Kier molecular flexibility index (Phi) is 5.62. The first-order valence-electron chi connectivity index (χ1n) is 8.95. The Hall–Kier alpha value is -2.17. The van der Waals surface area contributed by atoms with Gasteiger partial charge in [0.05, 0.1) is 5.71 Å². The molecule has 1 aromatic rings. The summed E-state index contributed by atoms with van der Waals surface area (Å²) in [4.78, 5) is 25.8. The van der Waals surface area contributed by atoms with E-state index in [0.717, 1.165) is 56.2 Å². The van der Waals surface area contributed by atoms with Gasteiger partial charge in [0, 0.05) is 18.5 Å². The number of hydrazone groups is 1. The van der Waals surface area contributed by atoms with E-state index in [-0.39, 0.29) is 18.4 Å². The lowest BCUT2D eigenvalue weighted by Gasteiger charge is -2.19. The zero-order valence-electron chi connectivity index (χ0n) is 14.1. The summed E-state index contributed by atoms with van der Waals surface area (Å²) in [6, 6.07) is 8.26. The minimum atomic E-state index is -0.209. The molecular weight excluding hydrogens is 302 g/mol. The number of hydrogen-bond donors (Lipinski definition) is 1. The van der Waals surface area contributed by atoms with Crippen LogP contribution in [-0.4, -0.2) is 35.5 Å². The molecule has 5 heteroatoms. The Morgan fingerprint density at radius 3 is 2.75 bits per heavy atom. The van der Waals surface area contributed by atoms with Gasteiger partial charge in [0.15, 0.2) is 0 Å². The van der Waals surface area contributed by atoms with Crippen molar-refractivity contribution < 1.29 is 9.59 Å². The summed E-state index contributed by atoms with van der Waals surface area (Å²) in [5, 5.41) is 4.38. The molecule has 1 fully saturated rings. The van der Waals surface area contributed by atoms with Crippen LogP contribution in [0.2, 0.25) is 0 Å². The number of benzene rings is 1. The molecule has 0 aromatic heterocycles. The van der Waals surface area contributed by atoms with E-state index >= 15 is 0 Å². The molecule has 5 nitrogen and oxygen atoms in total. The van der Waals surface area contributed by atoms with E-state index in [0.29, 0.717) is 13.0 Å². The summed E-state index contributed by atoms with van der Waals surface area (Å²) in [7, 11) is 0. The first-order valence-corrected chi connectivity index (χ1v) is 8.95. The number of carbonyl (C=O) groups is 2. The van der Waals surface area contributed by atoms with Crippen molar-refractivity contribution in [2.24, 2.45) is 5.10 Å². The van der Waals surface area contributed by atoms with Gasteiger partial charge in [-0.2, -0.15) is 5.10 Å². The van der Waals surface area contributed by atoms with E-state index in [9.17, 15) is 9.59 Å². The van der Waals surface area contributed by atoms with E-state index < -0.39 is 0 Å². The number of carbonyl (C=O) groups excluding carboxylic acids is 2. The van der Waals surface area contributed by atoms with E-state index in [2.05, 4.69) is 22.7 Å². The molecule has 2 amide bonds. The second-order valence-corrected chi connectivity index (χ2v) is 6.58. The number of nitrogens with one attached hydrogen (secondary N) is 1. The Morgan fingerprint density at radius 2 is 1.83 bits per heavy atom. The molecule has 1 aromatic carbocycles. The van der Waals surface area contributed by atoms with Gasteiger partial charge in [-0.1, -0.05) is 30.7 Å². The highest BCUT2D eigenvalue weighted by molar-refractivity contribution is 6.02. The molecule has 24 heavy (non-hydrogen) atoms. The van der Waals surface area contributed by atoms with Gasteiger partial charge in [-0.25, -0.2) is 5.43 Å². The van der Waals surface area contributed by atoms with Crippen molar-refractivity contribution in [1.82, 2.24) is 10.3 Å². The number of hydrogen-bond acceptors (Lipinski definition) is 3. The second kappa shape index (κ2) is 8.08. The molecule has 1 N–H and O–H groups in total. The highest BCUT2D eigenvalue weighted by Crippen LogP contribution is 2.20. The predicted octanol–water partition coefficient (Wildman–Crippen LogP) is 2.64. The normalized spacial score (nSPS) is 20.2. The van der Waals surface area contributed by atoms with Crippen LogP contribution in [0.1, 0.15) is 56.1 Å². The molecule has 2 aliphatic rings. The quantitative estimate of drug-likeness (QED) is 0.685. The number of aryl methyl sites for hydroxylation is 1. The molecule has 0 bridgehead atoms. The summed E-state index contributed by atoms with van der Waals surface area (Å²) in [6.45, 7) is 0.781. The van der Waals surface area contributed by atoms with Gasteiger partial charge < -0.3 is 4.90 Å². The lowest BCUT2D eigenvalue weighted by atomic mass is 10.0. The summed E-state index contributed by atoms with van der Waals surface area (Å²) < 4.78 is 0. The summed E-state index contributed by atoms with van der Waals surface area (Å²) >= 11 is 0. The molecular formula is C19H25N3O2. The van der Waals surface area contributed by atoms with Gasteiger partial charge in [-0.15, -0.1) is 0 Å². The van der Waals surface area contributed by atoms with Gasteiger partial charge in [0.2, 0.25) is 5.91 Å². The SMILES string of the molecule is O=C(CN1CCCCCC1=O)N/N=C1/CCCCc2ccccc21. The Balaban J connectivity index is 1.64. The lowest BCUT2D eigenvalue weighted by Crippen LogP contribution is -2.39. The van der Waals surface area contributed by atoms with Gasteiger partial charge in [0.25, 0.3) is 5.91 Å². The van der Waals surface area contributed by atoms with Crippen LogP contribution >= 0.6 is 0 Å². The molecule has 3 rings (SSSR count). The molecule has 1 saturated heterocycles. The maximum absolute atomic E-state index is 12.2. The Bertz CT molecular complexity index is 639. The molecule has 0 atom stereocenters. The third kappa shape index (κ3) is 4.22. The predicted molar refractivity (Wildman–Crippen MR) is 93.7 cm³/mol. The molecule has 1 aliphatic heterocycles. The van der Waals surface area contributed by atoms with Crippen LogP contribution in [0.4, 0.5) is 0 Å². The maximum Gasteiger partial charge on any atom is 0.259 e. The molecule has 128 valence electrons. The average Bonchev–Trinajstić information content (AvgIpc) is 2.92.